The number of rotatable bonds is 3. The number of hydrogen-bond acceptors (Lipinski definition) is 4. The predicted molar refractivity (Wildman–Crippen MR) is 79.0 cm³/mol. The molecule has 0 spiro atoms. The summed E-state index contributed by atoms with van der Waals surface area (Å²) < 4.78 is 18.5. The molecule has 0 aliphatic carbocycles. The van der Waals surface area contributed by atoms with Crippen LogP contribution in [0.1, 0.15) is 12.5 Å². The van der Waals surface area contributed by atoms with Gasteiger partial charge in [0.05, 0.1) is 10.4 Å². The van der Waals surface area contributed by atoms with E-state index in [1.54, 1.807) is 23.5 Å². The highest BCUT2D eigenvalue weighted by atomic mass is 32.1. The maximum absolute atomic E-state index is 13.4. The molecule has 3 nitrogen and oxygen atoms in total. The highest BCUT2D eigenvalue weighted by molar-refractivity contribution is 7.13. The summed E-state index contributed by atoms with van der Waals surface area (Å²) >= 11 is 1.58. The third kappa shape index (κ3) is 2.10. The Morgan fingerprint density at radius 1 is 1.35 bits per heavy atom. The minimum Gasteiger partial charge on any atom is -0.367 e. The molecule has 2 aromatic heterocycles. The van der Waals surface area contributed by atoms with Crippen molar-refractivity contribution in [2.24, 2.45) is 0 Å². The van der Waals surface area contributed by atoms with Gasteiger partial charge in [-0.05, 0) is 41.1 Å². The molecule has 1 aromatic carbocycles. The van der Waals surface area contributed by atoms with E-state index in [2.05, 4.69) is 18.1 Å². The van der Waals surface area contributed by atoms with Crippen molar-refractivity contribution in [3.05, 3.63) is 47.1 Å². The second kappa shape index (κ2) is 5.09. The standard InChI is InChI=1S/C15H13FN2OS/c1-2-9-6-7-20-14(9)13-12(15(17)19-18-13)10-4-3-5-11(16)8-10/h3-8H,2,17H2,1H3. The first-order chi connectivity index (χ1) is 9.70. The molecule has 0 fully saturated rings. The van der Waals surface area contributed by atoms with Crippen LogP contribution in [0.15, 0.2) is 40.2 Å². The predicted octanol–water partition coefficient (Wildman–Crippen LogP) is 4.35. The minimum atomic E-state index is -0.309. The number of nitrogen functional groups attached to an aromatic ring is 1. The molecule has 2 heterocycles. The number of thiophene rings is 1. The maximum Gasteiger partial charge on any atom is 0.230 e. The fourth-order valence-electron chi connectivity index (χ4n) is 2.20. The number of anilines is 1. The lowest BCUT2D eigenvalue weighted by atomic mass is 10.0. The molecule has 0 atom stereocenters. The number of aryl methyl sites for hydroxylation is 1. The summed E-state index contributed by atoms with van der Waals surface area (Å²) in [6.07, 6.45) is 0.897. The summed E-state index contributed by atoms with van der Waals surface area (Å²) in [6.45, 7) is 2.08. The maximum atomic E-state index is 13.4. The number of halogens is 1. The number of benzene rings is 1. The van der Waals surface area contributed by atoms with Crippen molar-refractivity contribution in [3.8, 4) is 21.7 Å². The zero-order chi connectivity index (χ0) is 14.1. The SMILES string of the molecule is CCc1ccsc1-c1noc(N)c1-c1cccc(F)c1. The van der Waals surface area contributed by atoms with Gasteiger partial charge in [-0.25, -0.2) is 4.39 Å². The van der Waals surface area contributed by atoms with Crippen LogP contribution in [0.4, 0.5) is 10.3 Å². The van der Waals surface area contributed by atoms with Gasteiger partial charge in [-0.2, -0.15) is 0 Å². The molecule has 102 valence electrons. The molecule has 0 saturated heterocycles. The van der Waals surface area contributed by atoms with Crippen molar-refractivity contribution in [1.29, 1.82) is 0 Å². The van der Waals surface area contributed by atoms with Gasteiger partial charge in [-0.1, -0.05) is 24.2 Å². The second-order valence-electron chi connectivity index (χ2n) is 4.41. The van der Waals surface area contributed by atoms with Gasteiger partial charge in [-0.15, -0.1) is 11.3 Å². The highest BCUT2D eigenvalue weighted by Gasteiger charge is 2.20. The van der Waals surface area contributed by atoms with Crippen molar-refractivity contribution < 1.29 is 8.91 Å². The van der Waals surface area contributed by atoms with Crippen LogP contribution in [0.3, 0.4) is 0 Å². The average Bonchev–Trinajstić information content (AvgIpc) is 3.04. The minimum absolute atomic E-state index is 0.209. The Hall–Kier alpha value is -2.14. The van der Waals surface area contributed by atoms with E-state index in [4.69, 9.17) is 10.3 Å². The topological polar surface area (TPSA) is 52.0 Å². The molecule has 0 bridgehead atoms. The van der Waals surface area contributed by atoms with Gasteiger partial charge >= 0.3 is 0 Å². The van der Waals surface area contributed by atoms with Gasteiger partial charge in [-0.3, -0.25) is 0 Å². The average molecular weight is 288 g/mol. The molecule has 0 unspecified atom stereocenters. The van der Waals surface area contributed by atoms with E-state index in [0.29, 0.717) is 16.8 Å². The third-order valence-corrected chi connectivity index (χ3v) is 4.14. The number of nitrogens with two attached hydrogens (primary N) is 1. The normalized spacial score (nSPS) is 10.9. The fraction of sp³-hybridized carbons (Fsp3) is 0.133. The lowest BCUT2D eigenvalue weighted by Crippen LogP contribution is -1.89. The van der Waals surface area contributed by atoms with Crippen LogP contribution >= 0.6 is 11.3 Å². The largest absolute Gasteiger partial charge is 0.367 e. The molecule has 0 aliphatic rings. The Bertz CT molecular complexity index is 748. The summed E-state index contributed by atoms with van der Waals surface area (Å²) in [4.78, 5) is 1.02. The fourth-order valence-corrected chi connectivity index (χ4v) is 3.19. The number of nitrogens with zero attached hydrogens (tertiary/aromatic N) is 1. The molecule has 0 saturated carbocycles. The van der Waals surface area contributed by atoms with E-state index in [1.807, 2.05) is 5.38 Å². The smallest absolute Gasteiger partial charge is 0.230 e. The lowest BCUT2D eigenvalue weighted by Gasteiger charge is -2.03. The van der Waals surface area contributed by atoms with Crippen LogP contribution < -0.4 is 5.73 Å². The first kappa shape index (κ1) is 12.9. The molecule has 2 N–H and O–H groups in total. The van der Waals surface area contributed by atoms with Gasteiger partial charge in [0.25, 0.3) is 0 Å². The van der Waals surface area contributed by atoms with Gasteiger partial charge in [0, 0.05) is 0 Å². The van der Waals surface area contributed by atoms with Gasteiger partial charge < -0.3 is 10.3 Å². The Labute approximate surface area is 119 Å². The number of aromatic nitrogens is 1. The summed E-state index contributed by atoms with van der Waals surface area (Å²) in [7, 11) is 0. The second-order valence-corrected chi connectivity index (χ2v) is 5.33. The van der Waals surface area contributed by atoms with E-state index < -0.39 is 0 Å². The quantitative estimate of drug-likeness (QED) is 0.779. The van der Waals surface area contributed by atoms with E-state index in [1.165, 1.54) is 17.7 Å². The number of hydrogen-bond donors (Lipinski definition) is 1. The molecule has 3 rings (SSSR count). The Morgan fingerprint density at radius 3 is 2.95 bits per heavy atom. The monoisotopic (exact) mass is 288 g/mol. The zero-order valence-corrected chi connectivity index (χ0v) is 11.7. The van der Waals surface area contributed by atoms with E-state index in [9.17, 15) is 4.39 Å². The van der Waals surface area contributed by atoms with Crippen molar-refractivity contribution in [1.82, 2.24) is 5.16 Å². The lowest BCUT2D eigenvalue weighted by molar-refractivity contribution is 0.439. The molecule has 0 radical (unpaired) electrons. The van der Waals surface area contributed by atoms with Crippen molar-refractivity contribution >= 4 is 17.2 Å². The van der Waals surface area contributed by atoms with Crippen molar-refractivity contribution in [3.63, 3.8) is 0 Å². The molecular formula is C15H13FN2OS. The van der Waals surface area contributed by atoms with Crippen LogP contribution in [-0.4, -0.2) is 5.16 Å². The first-order valence-corrected chi connectivity index (χ1v) is 7.16. The van der Waals surface area contributed by atoms with Crippen LogP contribution in [0, 0.1) is 5.82 Å². The van der Waals surface area contributed by atoms with Gasteiger partial charge in [0.2, 0.25) is 5.88 Å². The molecule has 3 aromatic rings. The molecular weight excluding hydrogens is 275 g/mol. The summed E-state index contributed by atoms with van der Waals surface area (Å²) in [5.41, 5.74) is 9.07. The van der Waals surface area contributed by atoms with Crippen LogP contribution in [0.5, 0.6) is 0 Å². The van der Waals surface area contributed by atoms with Crippen LogP contribution in [0.2, 0.25) is 0 Å². The molecule has 0 amide bonds. The Kier molecular flexibility index (Phi) is 3.28. The van der Waals surface area contributed by atoms with E-state index >= 15 is 0 Å². The molecule has 5 heteroatoms. The van der Waals surface area contributed by atoms with Gasteiger partial charge in [0.1, 0.15) is 11.5 Å². The third-order valence-electron chi connectivity index (χ3n) is 3.17. The summed E-state index contributed by atoms with van der Waals surface area (Å²) in [5, 5.41) is 6.07. The highest BCUT2D eigenvalue weighted by Crippen LogP contribution is 2.40. The zero-order valence-electron chi connectivity index (χ0n) is 10.9. The van der Waals surface area contributed by atoms with Gasteiger partial charge in [0.15, 0.2) is 0 Å². The van der Waals surface area contributed by atoms with Crippen LogP contribution in [-0.2, 0) is 6.42 Å². The summed E-state index contributed by atoms with van der Waals surface area (Å²) in [5.74, 6) is -0.100. The molecule has 0 aliphatic heterocycles. The van der Waals surface area contributed by atoms with E-state index in [0.717, 1.165) is 11.3 Å². The first-order valence-electron chi connectivity index (χ1n) is 6.28. The van der Waals surface area contributed by atoms with Crippen LogP contribution in [0.25, 0.3) is 21.7 Å². The molecule has 20 heavy (non-hydrogen) atoms. The van der Waals surface area contributed by atoms with E-state index in [-0.39, 0.29) is 11.7 Å². The Balaban J connectivity index is 2.20. The Morgan fingerprint density at radius 2 is 2.20 bits per heavy atom. The summed E-state index contributed by atoms with van der Waals surface area (Å²) in [6, 6.07) is 8.34. The van der Waals surface area contributed by atoms with Crippen molar-refractivity contribution in [2.45, 2.75) is 13.3 Å². The van der Waals surface area contributed by atoms with Crippen molar-refractivity contribution in [2.75, 3.05) is 5.73 Å².